The van der Waals surface area contributed by atoms with Gasteiger partial charge in [0.1, 0.15) is 5.56 Å². The predicted octanol–water partition coefficient (Wildman–Crippen LogP) is 2.24. The van der Waals surface area contributed by atoms with Crippen molar-refractivity contribution in [3.63, 3.8) is 0 Å². The molecule has 2 rings (SSSR count). The highest BCUT2D eigenvalue weighted by Gasteiger charge is 2.19. The van der Waals surface area contributed by atoms with Crippen molar-refractivity contribution in [1.29, 1.82) is 0 Å². The molecule has 9 heteroatoms. The summed E-state index contributed by atoms with van der Waals surface area (Å²) < 4.78 is 25.8. The Morgan fingerprint density at radius 2 is 1.79 bits per heavy atom. The van der Waals surface area contributed by atoms with Crippen LogP contribution in [0.3, 0.4) is 0 Å². The number of nitrogens with zero attached hydrogens (tertiary/aromatic N) is 1. The summed E-state index contributed by atoms with van der Waals surface area (Å²) in [4.78, 5) is 33.7. The van der Waals surface area contributed by atoms with E-state index in [-0.39, 0.29) is 11.3 Å². The van der Waals surface area contributed by atoms with Crippen LogP contribution >= 0.6 is 0 Å². The third-order valence-corrected chi connectivity index (χ3v) is 2.96. The Morgan fingerprint density at radius 1 is 1.08 bits per heavy atom. The van der Waals surface area contributed by atoms with E-state index in [1.807, 2.05) is 0 Å². The first-order valence-corrected chi connectivity index (χ1v) is 6.65. The van der Waals surface area contributed by atoms with E-state index in [4.69, 9.17) is 0 Å². The smallest absolute Gasteiger partial charge is 0.282 e. The van der Waals surface area contributed by atoms with Crippen LogP contribution in [0, 0.1) is 21.7 Å². The minimum Gasteiger partial charge on any atom is -0.343 e. The van der Waals surface area contributed by atoms with Gasteiger partial charge in [0.15, 0.2) is 11.6 Å². The second kappa shape index (κ2) is 7.27. The molecule has 2 aromatic carbocycles. The van der Waals surface area contributed by atoms with Crippen LogP contribution in [0.15, 0.2) is 42.5 Å². The van der Waals surface area contributed by atoms with Crippen molar-refractivity contribution in [2.75, 3.05) is 11.9 Å². The molecule has 0 saturated carbocycles. The van der Waals surface area contributed by atoms with Gasteiger partial charge in [0.25, 0.3) is 11.6 Å². The molecule has 0 bridgehead atoms. The van der Waals surface area contributed by atoms with Crippen LogP contribution in [0.1, 0.15) is 10.4 Å². The number of nitrogens with one attached hydrogen (secondary N) is 2. The maximum atomic E-state index is 13.0. The van der Waals surface area contributed by atoms with E-state index in [2.05, 4.69) is 10.6 Å². The monoisotopic (exact) mass is 335 g/mol. The molecule has 0 radical (unpaired) electrons. The van der Waals surface area contributed by atoms with E-state index in [0.29, 0.717) is 0 Å². The van der Waals surface area contributed by atoms with Gasteiger partial charge < -0.3 is 10.6 Å². The lowest BCUT2D eigenvalue weighted by Crippen LogP contribution is -2.33. The van der Waals surface area contributed by atoms with E-state index >= 15 is 0 Å². The molecule has 0 spiro atoms. The Labute approximate surface area is 134 Å². The number of anilines is 1. The first kappa shape index (κ1) is 17.0. The summed E-state index contributed by atoms with van der Waals surface area (Å²) in [6.45, 7) is -0.496. The van der Waals surface area contributed by atoms with Crippen LogP contribution in [0.5, 0.6) is 0 Å². The van der Waals surface area contributed by atoms with E-state index in [1.165, 1.54) is 18.2 Å². The van der Waals surface area contributed by atoms with E-state index < -0.39 is 40.6 Å². The molecule has 0 aliphatic carbocycles. The molecule has 0 atom stereocenters. The van der Waals surface area contributed by atoms with Gasteiger partial charge in [-0.15, -0.1) is 0 Å². The quantitative estimate of drug-likeness (QED) is 0.646. The van der Waals surface area contributed by atoms with Crippen molar-refractivity contribution in [3.05, 3.63) is 69.8 Å². The van der Waals surface area contributed by atoms with Crippen LogP contribution in [0.4, 0.5) is 20.2 Å². The molecule has 2 aromatic rings. The minimum atomic E-state index is -1.13. The molecule has 0 aromatic heterocycles. The summed E-state index contributed by atoms with van der Waals surface area (Å²) >= 11 is 0. The maximum absolute atomic E-state index is 13.0. The van der Waals surface area contributed by atoms with Gasteiger partial charge in [0, 0.05) is 17.8 Å². The Morgan fingerprint density at radius 3 is 2.46 bits per heavy atom. The summed E-state index contributed by atoms with van der Waals surface area (Å²) in [5.41, 5.74) is -0.571. The van der Waals surface area contributed by atoms with Crippen LogP contribution in [-0.2, 0) is 4.79 Å². The van der Waals surface area contributed by atoms with E-state index in [1.54, 1.807) is 0 Å². The summed E-state index contributed by atoms with van der Waals surface area (Å²) in [7, 11) is 0. The molecular weight excluding hydrogens is 324 g/mol. The summed E-state index contributed by atoms with van der Waals surface area (Å²) in [6.07, 6.45) is 0. The zero-order chi connectivity index (χ0) is 17.7. The molecule has 0 aliphatic rings. The van der Waals surface area contributed by atoms with E-state index in [9.17, 15) is 28.5 Å². The molecule has 24 heavy (non-hydrogen) atoms. The Kier molecular flexibility index (Phi) is 5.15. The van der Waals surface area contributed by atoms with Gasteiger partial charge >= 0.3 is 0 Å². The largest absolute Gasteiger partial charge is 0.343 e. The zero-order valence-electron chi connectivity index (χ0n) is 12.1. The van der Waals surface area contributed by atoms with Gasteiger partial charge in [0.2, 0.25) is 5.91 Å². The fraction of sp³-hybridized carbons (Fsp3) is 0.0667. The summed E-state index contributed by atoms with van der Waals surface area (Å²) in [6, 6.07) is 8.05. The van der Waals surface area contributed by atoms with Crippen LogP contribution in [-0.4, -0.2) is 23.3 Å². The number of hydrogen-bond donors (Lipinski definition) is 2. The molecule has 2 amide bonds. The van der Waals surface area contributed by atoms with Crippen LogP contribution in [0.25, 0.3) is 0 Å². The lowest BCUT2D eigenvalue weighted by Gasteiger charge is -2.07. The van der Waals surface area contributed by atoms with Crippen molar-refractivity contribution < 1.29 is 23.3 Å². The first-order valence-electron chi connectivity index (χ1n) is 6.65. The number of hydrogen-bond acceptors (Lipinski definition) is 4. The fourth-order valence-electron chi connectivity index (χ4n) is 1.86. The summed E-state index contributed by atoms with van der Waals surface area (Å²) in [5, 5.41) is 15.3. The number of para-hydroxylation sites is 1. The number of amides is 2. The second-order valence-electron chi connectivity index (χ2n) is 4.63. The number of halogens is 2. The number of nitro groups is 1. The molecule has 0 saturated heterocycles. The highest BCUT2D eigenvalue weighted by Crippen LogP contribution is 2.17. The Bertz CT molecular complexity index is 811. The average Bonchev–Trinajstić information content (AvgIpc) is 2.56. The van der Waals surface area contributed by atoms with Crippen molar-refractivity contribution >= 4 is 23.2 Å². The number of rotatable bonds is 5. The lowest BCUT2D eigenvalue weighted by atomic mass is 10.1. The number of nitro benzene ring substituents is 1. The average molecular weight is 335 g/mol. The van der Waals surface area contributed by atoms with Gasteiger partial charge in [-0.1, -0.05) is 12.1 Å². The van der Waals surface area contributed by atoms with E-state index in [0.717, 1.165) is 24.3 Å². The first-order chi connectivity index (χ1) is 11.4. The lowest BCUT2D eigenvalue weighted by molar-refractivity contribution is -0.385. The van der Waals surface area contributed by atoms with Crippen LogP contribution in [0.2, 0.25) is 0 Å². The molecule has 7 nitrogen and oxygen atoms in total. The Balaban J connectivity index is 1.97. The molecule has 2 N–H and O–H groups in total. The third-order valence-electron chi connectivity index (χ3n) is 2.96. The number of benzene rings is 2. The van der Waals surface area contributed by atoms with Crippen molar-refractivity contribution in [2.45, 2.75) is 0 Å². The standard InChI is InChI=1S/C15H11F2N3O4/c16-11-6-5-9(7-12(11)17)19-14(21)8-18-15(22)10-3-1-2-4-13(10)20(23)24/h1-7H,8H2,(H,18,22)(H,19,21). The number of carbonyl (C=O) groups excluding carboxylic acids is 2. The highest BCUT2D eigenvalue weighted by atomic mass is 19.2. The van der Waals surface area contributed by atoms with Crippen molar-refractivity contribution in [2.24, 2.45) is 0 Å². The second-order valence-corrected chi connectivity index (χ2v) is 4.63. The van der Waals surface area contributed by atoms with Crippen LogP contribution < -0.4 is 10.6 Å². The SMILES string of the molecule is O=C(CNC(=O)c1ccccc1[N+](=O)[O-])Nc1ccc(F)c(F)c1. The fourth-order valence-corrected chi connectivity index (χ4v) is 1.86. The van der Waals surface area contributed by atoms with Gasteiger partial charge in [0.05, 0.1) is 11.5 Å². The van der Waals surface area contributed by atoms with Gasteiger partial charge in [-0.3, -0.25) is 19.7 Å². The molecule has 0 fully saturated rings. The normalized spacial score (nSPS) is 10.1. The molecule has 0 aliphatic heterocycles. The Hall–Kier alpha value is -3.36. The minimum absolute atomic E-state index is 0.0128. The van der Waals surface area contributed by atoms with Crippen molar-refractivity contribution in [3.8, 4) is 0 Å². The zero-order valence-corrected chi connectivity index (χ0v) is 12.1. The highest BCUT2D eigenvalue weighted by molar-refractivity contribution is 6.01. The molecular formula is C15H11F2N3O4. The summed E-state index contributed by atoms with van der Waals surface area (Å²) in [5.74, 6) is -3.69. The van der Waals surface area contributed by atoms with Crippen molar-refractivity contribution in [1.82, 2.24) is 5.32 Å². The molecule has 124 valence electrons. The molecule has 0 unspecified atom stereocenters. The topological polar surface area (TPSA) is 101 Å². The molecule has 0 heterocycles. The van der Waals surface area contributed by atoms with Gasteiger partial charge in [-0.2, -0.15) is 0 Å². The number of carbonyl (C=O) groups is 2. The maximum Gasteiger partial charge on any atom is 0.282 e. The van der Waals surface area contributed by atoms with Gasteiger partial charge in [-0.05, 0) is 18.2 Å². The van der Waals surface area contributed by atoms with Gasteiger partial charge in [-0.25, -0.2) is 8.78 Å². The predicted molar refractivity (Wildman–Crippen MR) is 80.4 cm³/mol. The third kappa shape index (κ3) is 4.09.